The van der Waals surface area contributed by atoms with Crippen LogP contribution < -0.4 is 0 Å². The van der Waals surface area contributed by atoms with Gasteiger partial charge in [0.2, 0.25) is 11.8 Å². The average molecular weight is 340 g/mol. The second kappa shape index (κ2) is 6.10. The Morgan fingerprint density at radius 1 is 1.17 bits per heavy atom. The molecule has 23 heavy (non-hydrogen) atoms. The van der Waals surface area contributed by atoms with Gasteiger partial charge >= 0.3 is 0 Å². The number of rotatable bonds is 4. The fourth-order valence-corrected chi connectivity index (χ4v) is 3.84. The molecule has 114 valence electrons. The molecule has 0 spiro atoms. The predicted octanol–water partition coefficient (Wildman–Crippen LogP) is 4.34. The summed E-state index contributed by atoms with van der Waals surface area (Å²) < 4.78 is 5.76. The van der Waals surface area contributed by atoms with Crippen molar-refractivity contribution < 1.29 is 4.42 Å². The maximum absolute atomic E-state index is 5.76. The first kappa shape index (κ1) is 14.3. The smallest absolute Gasteiger partial charge is 0.247 e. The molecule has 0 saturated heterocycles. The van der Waals surface area contributed by atoms with Gasteiger partial charge in [0, 0.05) is 10.9 Å². The van der Waals surface area contributed by atoms with E-state index in [1.807, 2.05) is 42.6 Å². The molecule has 0 N–H and O–H groups in total. The average Bonchev–Trinajstić information content (AvgIpc) is 3.22. The van der Waals surface area contributed by atoms with Crippen LogP contribution >= 0.6 is 23.1 Å². The van der Waals surface area contributed by atoms with Gasteiger partial charge in [-0.1, -0.05) is 29.5 Å². The third-order valence-corrected chi connectivity index (χ3v) is 5.10. The monoisotopic (exact) mass is 340 g/mol. The Labute approximate surface area is 140 Å². The minimum atomic E-state index is 0.549. The van der Waals surface area contributed by atoms with Crippen LogP contribution in [0.3, 0.4) is 0 Å². The van der Waals surface area contributed by atoms with Gasteiger partial charge in [0.15, 0.2) is 0 Å². The van der Waals surface area contributed by atoms with E-state index < -0.39 is 0 Å². The van der Waals surface area contributed by atoms with Crippen LogP contribution in [0.1, 0.15) is 11.5 Å². The zero-order chi connectivity index (χ0) is 15.6. The Balaban J connectivity index is 1.53. The van der Waals surface area contributed by atoms with Crippen molar-refractivity contribution in [2.75, 3.05) is 0 Å². The van der Waals surface area contributed by atoms with E-state index in [0.717, 1.165) is 26.4 Å². The van der Waals surface area contributed by atoms with Crippen molar-refractivity contribution in [2.24, 2.45) is 0 Å². The summed E-state index contributed by atoms with van der Waals surface area (Å²) in [6, 6.07) is 10.1. The normalized spacial score (nSPS) is 11.2. The van der Waals surface area contributed by atoms with Crippen molar-refractivity contribution in [2.45, 2.75) is 17.7 Å². The van der Waals surface area contributed by atoms with Crippen LogP contribution in [0.25, 0.3) is 21.7 Å². The third kappa shape index (κ3) is 2.97. The van der Waals surface area contributed by atoms with Gasteiger partial charge in [0.05, 0.1) is 5.75 Å². The predicted molar refractivity (Wildman–Crippen MR) is 91.4 cm³/mol. The maximum Gasteiger partial charge on any atom is 0.247 e. The standard InChI is InChI=1S/C16H12N4OS2/c1-10-3-2-4-11(7-10)14-20-19-13(21-14)8-23-16-12-5-6-22-15(12)17-9-18-16/h2-7,9H,8H2,1H3. The molecule has 0 saturated carbocycles. The highest BCUT2D eigenvalue weighted by Crippen LogP contribution is 2.30. The highest BCUT2D eigenvalue weighted by atomic mass is 32.2. The highest BCUT2D eigenvalue weighted by Gasteiger charge is 2.11. The Morgan fingerprint density at radius 3 is 3.04 bits per heavy atom. The molecule has 4 rings (SSSR count). The van der Waals surface area contributed by atoms with Gasteiger partial charge in [-0.3, -0.25) is 0 Å². The molecule has 3 heterocycles. The van der Waals surface area contributed by atoms with Crippen molar-refractivity contribution in [1.29, 1.82) is 0 Å². The zero-order valence-corrected chi connectivity index (χ0v) is 13.9. The van der Waals surface area contributed by atoms with E-state index in [2.05, 4.69) is 20.2 Å². The van der Waals surface area contributed by atoms with Crippen molar-refractivity contribution >= 4 is 33.3 Å². The van der Waals surface area contributed by atoms with E-state index in [9.17, 15) is 0 Å². The molecular formula is C16H12N4OS2. The molecule has 0 amide bonds. The van der Waals surface area contributed by atoms with Crippen molar-refractivity contribution in [1.82, 2.24) is 20.2 Å². The van der Waals surface area contributed by atoms with Crippen LogP contribution in [0.2, 0.25) is 0 Å². The topological polar surface area (TPSA) is 64.7 Å². The molecule has 0 atom stereocenters. The van der Waals surface area contributed by atoms with Gasteiger partial charge in [0.1, 0.15) is 16.2 Å². The summed E-state index contributed by atoms with van der Waals surface area (Å²) in [6.07, 6.45) is 1.59. The number of fused-ring (bicyclic) bond motifs is 1. The Kier molecular flexibility index (Phi) is 3.80. The summed E-state index contributed by atoms with van der Waals surface area (Å²) in [5, 5.41) is 12.3. The van der Waals surface area contributed by atoms with E-state index in [1.165, 1.54) is 0 Å². The number of hydrogen-bond donors (Lipinski definition) is 0. The van der Waals surface area contributed by atoms with Gasteiger partial charge in [0.25, 0.3) is 0 Å². The lowest BCUT2D eigenvalue weighted by molar-refractivity contribution is 0.528. The minimum absolute atomic E-state index is 0.549. The summed E-state index contributed by atoms with van der Waals surface area (Å²) in [6.45, 7) is 2.04. The molecule has 7 heteroatoms. The lowest BCUT2D eigenvalue weighted by atomic mass is 10.1. The number of aryl methyl sites for hydroxylation is 1. The molecule has 0 aliphatic carbocycles. The number of benzene rings is 1. The molecule has 0 aliphatic rings. The number of aromatic nitrogens is 4. The van der Waals surface area contributed by atoms with Gasteiger partial charge in [-0.2, -0.15) is 0 Å². The number of thiophene rings is 1. The van der Waals surface area contributed by atoms with Crippen LogP contribution in [-0.2, 0) is 5.75 Å². The molecule has 1 aromatic carbocycles. The van der Waals surface area contributed by atoms with E-state index in [1.54, 1.807) is 29.4 Å². The van der Waals surface area contributed by atoms with Crippen LogP contribution in [0.15, 0.2) is 51.5 Å². The maximum atomic E-state index is 5.76. The van der Waals surface area contributed by atoms with Crippen LogP contribution in [-0.4, -0.2) is 20.2 Å². The van der Waals surface area contributed by atoms with E-state index >= 15 is 0 Å². The summed E-state index contributed by atoms with van der Waals surface area (Å²) >= 11 is 3.19. The summed E-state index contributed by atoms with van der Waals surface area (Å²) in [7, 11) is 0. The molecule has 5 nitrogen and oxygen atoms in total. The summed E-state index contributed by atoms with van der Waals surface area (Å²) in [4.78, 5) is 9.58. The van der Waals surface area contributed by atoms with Gasteiger partial charge in [-0.05, 0) is 30.5 Å². The van der Waals surface area contributed by atoms with E-state index in [-0.39, 0.29) is 0 Å². The fraction of sp³-hybridized carbons (Fsp3) is 0.125. The first-order valence-corrected chi connectivity index (χ1v) is 8.86. The van der Waals surface area contributed by atoms with Crippen molar-refractivity contribution in [3.8, 4) is 11.5 Å². The second-order valence-corrected chi connectivity index (χ2v) is 6.84. The summed E-state index contributed by atoms with van der Waals surface area (Å²) in [5.74, 6) is 1.72. The number of thioether (sulfide) groups is 1. The number of hydrogen-bond acceptors (Lipinski definition) is 7. The van der Waals surface area contributed by atoms with Crippen LogP contribution in [0.4, 0.5) is 0 Å². The molecule has 0 bridgehead atoms. The first-order valence-electron chi connectivity index (χ1n) is 7.00. The van der Waals surface area contributed by atoms with Gasteiger partial charge in [-0.15, -0.1) is 21.5 Å². The van der Waals surface area contributed by atoms with Gasteiger partial charge in [-0.25, -0.2) is 9.97 Å². The lowest BCUT2D eigenvalue weighted by Gasteiger charge is -1.99. The van der Waals surface area contributed by atoms with E-state index in [4.69, 9.17) is 4.42 Å². The highest BCUT2D eigenvalue weighted by molar-refractivity contribution is 7.98. The van der Waals surface area contributed by atoms with Crippen LogP contribution in [0.5, 0.6) is 0 Å². The Hall–Kier alpha value is -2.25. The van der Waals surface area contributed by atoms with E-state index in [0.29, 0.717) is 17.5 Å². The lowest BCUT2D eigenvalue weighted by Crippen LogP contribution is -1.85. The molecule has 0 radical (unpaired) electrons. The van der Waals surface area contributed by atoms with Gasteiger partial charge < -0.3 is 4.42 Å². The van der Waals surface area contributed by atoms with Crippen molar-refractivity contribution in [3.63, 3.8) is 0 Å². The SMILES string of the molecule is Cc1cccc(-c2nnc(CSc3ncnc4sccc34)o2)c1. The largest absolute Gasteiger partial charge is 0.420 e. The quantitative estimate of drug-likeness (QED) is 0.407. The van der Waals surface area contributed by atoms with Crippen LogP contribution in [0, 0.1) is 6.92 Å². The Morgan fingerprint density at radius 2 is 2.13 bits per heavy atom. The summed E-state index contributed by atoms with van der Waals surface area (Å²) in [5.41, 5.74) is 2.11. The molecular weight excluding hydrogens is 328 g/mol. The molecule has 0 unspecified atom stereocenters. The van der Waals surface area contributed by atoms with Crippen molar-refractivity contribution in [3.05, 3.63) is 53.5 Å². The molecule has 3 aromatic heterocycles. The second-order valence-electron chi connectivity index (χ2n) is 4.98. The zero-order valence-electron chi connectivity index (χ0n) is 12.3. The molecule has 0 aliphatic heterocycles. The molecule has 0 fully saturated rings. The first-order chi connectivity index (χ1) is 11.3. The molecule has 4 aromatic rings. The minimum Gasteiger partial charge on any atom is -0.420 e. The third-order valence-electron chi connectivity index (χ3n) is 3.29. The fourth-order valence-electron chi connectivity index (χ4n) is 2.22. The Bertz CT molecular complexity index is 963. The number of nitrogens with zero attached hydrogens (tertiary/aromatic N) is 4.